The summed E-state index contributed by atoms with van der Waals surface area (Å²) in [4.78, 5) is 15.3. The molecule has 0 spiro atoms. The van der Waals surface area contributed by atoms with Gasteiger partial charge in [0.05, 0.1) is 6.61 Å². The molecule has 0 atom stereocenters. The zero-order chi connectivity index (χ0) is 13.5. The van der Waals surface area contributed by atoms with E-state index in [1.54, 1.807) is 0 Å². The SMILES string of the molecule is O=C(NCCOCC(F)F)c1cc(Cl)nc(Cl)c1. The van der Waals surface area contributed by atoms with Gasteiger partial charge in [0.2, 0.25) is 0 Å². The zero-order valence-corrected chi connectivity index (χ0v) is 10.6. The Labute approximate surface area is 112 Å². The topological polar surface area (TPSA) is 51.2 Å². The first-order valence-electron chi connectivity index (χ1n) is 4.96. The molecule has 18 heavy (non-hydrogen) atoms. The summed E-state index contributed by atoms with van der Waals surface area (Å²) >= 11 is 11.3. The first kappa shape index (κ1) is 15.1. The molecule has 0 fully saturated rings. The Bertz CT molecular complexity index is 399. The van der Waals surface area contributed by atoms with E-state index < -0.39 is 18.9 Å². The average Bonchev–Trinajstić information content (AvgIpc) is 2.26. The first-order valence-corrected chi connectivity index (χ1v) is 5.72. The fraction of sp³-hybridized carbons (Fsp3) is 0.400. The number of carbonyl (C=O) groups is 1. The molecular formula is C10H10Cl2F2N2O2. The number of ether oxygens (including phenoxy) is 1. The van der Waals surface area contributed by atoms with Crippen molar-refractivity contribution in [1.82, 2.24) is 10.3 Å². The van der Waals surface area contributed by atoms with Crippen molar-refractivity contribution in [3.63, 3.8) is 0 Å². The summed E-state index contributed by atoms with van der Waals surface area (Å²) in [5.41, 5.74) is 0.244. The Morgan fingerprint density at radius 2 is 2.00 bits per heavy atom. The number of nitrogens with zero attached hydrogens (tertiary/aromatic N) is 1. The van der Waals surface area contributed by atoms with Crippen molar-refractivity contribution >= 4 is 29.1 Å². The van der Waals surface area contributed by atoms with E-state index in [-0.39, 0.29) is 29.0 Å². The predicted octanol–water partition coefficient (Wildman–Crippen LogP) is 2.40. The van der Waals surface area contributed by atoms with E-state index in [1.165, 1.54) is 12.1 Å². The number of pyridine rings is 1. The summed E-state index contributed by atoms with van der Waals surface area (Å²) in [6, 6.07) is 2.70. The minimum Gasteiger partial charge on any atom is -0.374 e. The molecule has 0 aliphatic heterocycles. The van der Waals surface area contributed by atoms with Gasteiger partial charge in [-0.05, 0) is 12.1 Å². The van der Waals surface area contributed by atoms with Crippen molar-refractivity contribution in [3.05, 3.63) is 28.0 Å². The van der Waals surface area contributed by atoms with Crippen molar-refractivity contribution in [2.24, 2.45) is 0 Å². The van der Waals surface area contributed by atoms with Crippen LogP contribution >= 0.6 is 23.2 Å². The Kier molecular flexibility index (Phi) is 6.24. The van der Waals surface area contributed by atoms with Crippen LogP contribution in [0.5, 0.6) is 0 Å². The number of halogens is 4. The molecule has 1 aromatic rings. The van der Waals surface area contributed by atoms with E-state index in [1.807, 2.05) is 0 Å². The normalized spacial score (nSPS) is 10.7. The molecule has 1 aromatic heterocycles. The van der Waals surface area contributed by atoms with E-state index in [0.717, 1.165) is 0 Å². The first-order chi connectivity index (χ1) is 8.49. The minimum atomic E-state index is -2.52. The van der Waals surface area contributed by atoms with Crippen LogP contribution in [0.15, 0.2) is 12.1 Å². The predicted molar refractivity (Wildman–Crippen MR) is 63.4 cm³/mol. The number of hydrogen-bond acceptors (Lipinski definition) is 3. The number of alkyl halides is 2. The maximum atomic E-state index is 11.7. The summed E-state index contributed by atoms with van der Waals surface area (Å²) < 4.78 is 28.1. The van der Waals surface area contributed by atoms with Crippen LogP contribution in [0.25, 0.3) is 0 Å². The molecule has 1 N–H and O–H groups in total. The van der Waals surface area contributed by atoms with Crippen molar-refractivity contribution in [2.45, 2.75) is 6.43 Å². The lowest BCUT2D eigenvalue weighted by Crippen LogP contribution is -2.27. The van der Waals surface area contributed by atoms with Crippen LogP contribution in [0.4, 0.5) is 8.78 Å². The van der Waals surface area contributed by atoms with Gasteiger partial charge in [0.1, 0.15) is 16.9 Å². The fourth-order valence-corrected chi connectivity index (χ4v) is 1.57. The molecule has 0 radical (unpaired) electrons. The third-order valence-corrected chi connectivity index (χ3v) is 2.19. The number of aromatic nitrogens is 1. The maximum Gasteiger partial charge on any atom is 0.261 e. The van der Waals surface area contributed by atoms with Gasteiger partial charge in [-0.15, -0.1) is 0 Å². The van der Waals surface area contributed by atoms with Gasteiger partial charge >= 0.3 is 0 Å². The van der Waals surface area contributed by atoms with Crippen LogP contribution in [-0.2, 0) is 4.74 Å². The third kappa shape index (κ3) is 5.57. The van der Waals surface area contributed by atoms with E-state index in [2.05, 4.69) is 15.0 Å². The van der Waals surface area contributed by atoms with Crippen LogP contribution in [0, 0.1) is 0 Å². The van der Waals surface area contributed by atoms with Gasteiger partial charge in [0.25, 0.3) is 12.3 Å². The second kappa shape index (κ2) is 7.45. The second-order valence-corrected chi connectivity index (χ2v) is 4.00. The molecule has 100 valence electrons. The molecule has 8 heteroatoms. The highest BCUT2D eigenvalue weighted by atomic mass is 35.5. The third-order valence-electron chi connectivity index (χ3n) is 1.80. The highest BCUT2D eigenvalue weighted by molar-refractivity contribution is 6.33. The number of nitrogens with one attached hydrogen (secondary N) is 1. The van der Waals surface area contributed by atoms with Gasteiger partial charge in [0.15, 0.2) is 0 Å². The van der Waals surface area contributed by atoms with Crippen molar-refractivity contribution < 1.29 is 18.3 Å². The number of rotatable bonds is 6. The van der Waals surface area contributed by atoms with Gasteiger partial charge in [-0.25, -0.2) is 13.8 Å². The average molecular weight is 299 g/mol. The van der Waals surface area contributed by atoms with E-state index in [0.29, 0.717) is 0 Å². The van der Waals surface area contributed by atoms with Crippen molar-refractivity contribution in [3.8, 4) is 0 Å². The largest absolute Gasteiger partial charge is 0.374 e. The van der Waals surface area contributed by atoms with Gasteiger partial charge in [-0.1, -0.05) is 23.2 Å². The van der Waals surface area contributed by atoms with Crippen LogP contribution in [0.1, 0.15) is 10.4 Å². The molecule has 1 heterocycles. The molecule has 0 saturated heterocycles. The van der Waals surface area contributed by atoms with E-state index in [9.17, 15) is 13.6 Å². The molecule has 0 aliphatic rings. The van der Waals surface area contributed by atoms with E-state index in [4.69, 9.17) is 23.2 Å². The quantitative estimate of drug-likeness (QED) is 0.648. The van der Waals surface area contributed by atoms with Crippen LogP contribution < -0.4 is 5.32 Å². The monoisotopic (exact) mass is 298 g/mol. The minimum absolute atomic E-state index is 0.00261. The Hall–Kier alpha value is -0.980. The Morgan fingerprint density at radius 1 is 1.39 bits per heavy atom. The molecule has 0 aromatic carbocycles. The Balaban J connectivity index is 2.36. The molecule has 0 saturated carbocycles. The maximum absolute atomic E-state index is 11.7. The highest BCUT2D eigenvalue weighted by Gasteiger charge is 2.08. The van der Waals surface area contributed by atoms with Gasteiger partial charge in [0, 0.05) is 12.1 Å². The summed E-state index contributed by atoms with van der Waals surface area (Å²) in [7, 11) is 0. The highest BCUT2D eigenvalue weighted by Crippen LogP contribution is 2.14. The zero-order valence-electron chi connectivity index (χ0n) is 9.13. The van der Waals surface area contributed by atoms with Gasteiger partial charge in [-0.2, -0.15) is 0 Å². The summed E-state index contributed by atoms with van der Waals surface area (Å²) in [5.74, 6) is -0.429. The number of amides is 1. The fourth-order valence-electron chi connectivity index (χ4n) is 1.11. The number of carbonyl (C=O) groups excluding carboxylic acids is 1. The second-order valence-electron chi connectivity index (χ2n) is 3.22. The summed E-state index contributed by atoms with van der Waals surface area (Å²) in [6.45, 7) is -0.533. The lowest BCUT2D eigenvalue weighted by atomic mass is 10.2. The molecule has 1 amide bonds. The molecule has 0 bridgehead atoms. The number of hydrogen-bond donors (Lipinski definition) is 1. The molecule has 1 rings (SSSR count). The van der Waals surface area contributed by atoms with Crippen molar-refractivity contribution in [1.29, 1.82) is 0 Å². The van der Waals surface area contributed by atoms with Gasteiger partial charge < -0.3 is 10.1 Å². The van der Waals surface area contributed by atoms with Crippen LogP contribution in [0.3, 0.4) is 0 Å². The summed E-state index contributed by atoms with van der Waals surface area (Å²) in [6.07, 6.45) is -2.52. The molecule has 4 nitrogen and oxygen atoms in total. The smallest absolute Gasteiger partial charge is 0.261 e. The van der Waals surface area contributed by atoms with E-state index >= 15 is 0 Å². The lowest BCUT2D eigenvalue weighted by Gasteiger charge is -2.06. The van der Waals surface area contributed by atoms with Crippen LogP contribution in [0.2, 0.25) is 10.3 Å². The molecule has 0 aliphatic carbocycles. The standard InChI is InChI=1S/C10H10Cl2F2N2O2/c11-7-3-6(4-8(12)16-7)10(17)15-1-2-18-5-9(13)14/h3-4,9H,1-2,5H2,(H,15,17). The van der Waals surface area contributed by atoms with Crippen molar-refractivity contribution in [2.75, 3.05) is 19.8 Å². The lowest BCUT2D eigenvalue weighted by molar-refractivity contribution is 0.0188. The molecular weight excluding hydrogens is 289 g/mol. The summed E-state index contributed by atoms with van der Waals surface area (Å²) in [5, 5.41) is 2.67. The Morgan fingerprint density at radius 3 is 2.56 bits per heavy atom. The van der Waals surface area contributed by atoms with Gasteiger partial charge in [-0.3, -0.25) is 4.79 Å². The molecule has 0 unspecified atom stereocenters. The van der Waals surface area contributed by atoms with Crippen LogP contribution in [-0.4, -0.2) is 37.1 Å².